The van der Waals surface area contributed by atoms with Crippen molar-refractivity contribution in [2.75, 3.05) is 19.0 Å². The van der Waals surface area contributed by atoms with Crippen LogP contribution in [0, 0.1) is 0 Å². The van der Waals surface area contributed by atoms with E-state index in [1.54, 1.807) is 11.3 Å². The Hall–Kier alpha value is -1.39. The number of aromatic nitrogens is 1. The number of hydrogen-bond acceptors (Lipinski definition) is 4. The summed E-state index contributed by atoms with van der Waals surface area (Å²) in [4.78, 5) is 7.58. The smallest absolute Gasteiger partial charge is 0.123 e. The van der Waals surface area contributed by atoms with Gasteiger partial charge in [-0.1, -0.05) is 12.1 Å². The Bertz CT molecular complexity index is 477. The molecule has 0 bridgehead atoms. The molecule has 16 heavy (non-hydrogen) atoms. The third kappa shape index (κ3) is 2.23. The summed E-state index contributed by atoms with van der Waals surface area (Å²) in [6.07, 6.45) is 1.85. The number of nitrogens with two attached hydrogens (primary N) is 1. The summed E-state index contributed by atoms with van der Waals surface area (Å²) in [5.41, 5.74) is 7.91. The molecule has 0 saturated carbocycles. The van der Waals surface area contributed by atoms with Gasteiger partial charge in [0.1, 0.15) is 5.01 Å². The lowest BCUT2D eigenvalue weighted by molar-refractivity contribution is 1.10. The lowest BCUT2D eigenvalue weighted by Crippen LogP contribution is -2.08. The molecule has 1 aromatic carbocycles. The van der Waals surface area contributed by atoms with Gasteiger partial charge in [-0.15, -0.1) is 11.3 Å². The predicted octanol–water partition coefficient (Wildman–Crippen LogP) is 2.33. The van der Waals surface area contributed by atoms with Gasteiger partial charge in [0.2, 0.25) is 0 Å². The number of nitrogens with zero attached hydrogens (tertiary/aromatic N) is 2. The first-order valence-electron chi connectivity index (χ1n) is 5.13. The maximum absolute atomic E-state index is 5.58. The van der Waals surface area contributed by atoms with Gasteiger partial charge in [0, 0.05) is 43.0 Å². The first-order chi connectivity index (χ1) is 7.70. The van der Waals surface area contributed by atoms with E-state index >= 15 is 0 Å². The summed E-state index contributed by atoms with van der Waals surface area (Å²) in [5, 5.41) is 1.03. The van der Waals surface area contributed by atoms with Crippen LogP contribution in [0.15, 0.2) is 30.5 Å². The summed E-state index contributed by atoms with van der Waals surface area (Å²) >= 11 is 1.65. The largest absolute Gasteiger partial charge is 0.378 e. The van der Waals surface area contributed by atoms with Crippen LogP contribution in [-0.4, -0.2) is 19.1 Å². The monoisotopic (exact) mass is 233 g/mol. The fourth-order valence-corrected chi connectivity index (χ4v) is 2.24. The zero-order valence-electron chi connectivity index (χ0n) is 9.47. The SMILES string of the molecule is CN(C)c1cccc(-c2ncc(CN)s2)c1. The molecule has 0 radical (unpaired) electrons. The van der Waals surface area contributed by atoms with Gasteiger partial charge in [0.25, 0.3) is 0 Å². The van der Waals surface area contributed by atoms with Crippen LogP contribution < -0.4 is 10.6 Å². The van der Waals surface area contributed by atoms with Crippen molar-refractivity contribution >= 4 is 17.0 Å². The van der Waals surface area contributed by atoms with Gasteiger partial charge >= 0.3 is 0 Å². The van der Waals surface area contributed by atoms with E-state index in [-0.39, 0.29) is 0 Å². The van der Waals surface area contributed by atoms with Crippen LogP contribution in [0.25, 0.3) is 10.6 Å². The molecule has 1 aromatic heterocycles. The van der Waals surface area contributed by atoms with E-state index in [0.717, 1.165) is 15.4 Å². The highest BCUT2D eigenvalue weighted by Gasteiger charge is 2.05. The summed E-state index contributed by atoms with van der Waals surface area (Å²) in [5.74, 6) is 0. The Morgan fingerprint density at radius 1 is 1.38 bits per heavy atom. The first-order valence-corrected chi connectivity index (χ1v) is 5.95. The van der Waals surface area contributed by atoms with Crippen LogP contribution in [0.2, 0.25) is 0 Å². The summed E-state index contributed by atoms with van der Waals surface area (Å²) in [6.45, 7) is 0.561. The highest BCUT2D eigenvalue weighted by molar-refractivity contribution is 7.15. The van der Waals surface area contributed by atoms with Gasteiger partial charge in [-0.3, -0.25) is 0 Å². The average molecular weight is 233 g/mol. The average Bonchev–Trinajstić information content (AvgIpc) is 2.77. The van der Waals surface area contributed by atoms with E-state index < -0.39 is 0 Å². The van der Waals surface area contributed by atoms with E-state index in [1.165, 1.54) is 5.69 Å². The Morgan fingerprint density at radius 3 is 2.81 bits per heavy atom. The quantitative estimate of drug-likeness (QED) is 0.884. The summed E-state index contributed by atoms with van der Waals surface area (Å²) < 4.78 is 0. The van der Waals surface area contributed by atoms with Gasteiger partial charge < -0.3 is 10.6 Å². The molecule has 0 atom stereocenters. The van der Waals surface area contributed by atoms with E-state index in [0.29, 0.717) is 6.54 Å². The second-order valence-electron chi connectivity index (χ2n) is 3.78. The highest BCUT2D eigenvalue weighted by atomic mass is 32.1. The van der Waals surface area contributed by atoms with E-state index in [1.807, 2.05) is 26.4 Å². The zero-order valence-corrected chi connectivity index (χ0v) is 10.3. The minimum Gasteiger partial charge on any atom is -0.378 e. The van der Waals surface area contributed by atoms with Crippen molar-refractivity contribution in [2.24, 2.45) is 5.73 Å². The van der Waals surface area contributed by atoms with E-state index in [2.05, 4.69) is 28.1 Å². The fourth-order valence-electron chi connectivity index (χ4n) is 1.45. The third-order valence-electron chi connectivity index (χ3n) is 2.36. The second-order valence-corrected chi connectivity index (χ2v) is 4.90. The molecular weight excluding hydrogens is 218 g/mol. The molecule has 2 N–H and O–H groups in total. The molecule has 0 fully saturated rings. The van der Waals surface area contributed by atoms with Crippen molar-refractivity contribution in [3.8, 4) is 10.6 Å². The molecule has 2 rings (SSSR count). The maximum atomic E-state index is 5.58. The molecule has 4 heteroatoms. The third-order valence-corrected chi connectivity index (χ3v) is 3.43. The maximum Gasteiger partial charge on any atom is 0.123 e. The normalized spacial score (nSPS) is 10.4. The minimum atomic E-state index is 0.561. The van der Waals surface area contributed by atoms with Crippen molar-refractivity contribution in [3.63, 3.8) is 0 Å². The molecular formula is C12H15N3S. The lowest BCUT2D eigenvalue weighted by Gasteiger charge is -2.12. The van der Waals surface area contributed by atoms with Crippen LogP contribution >= 0.6 is 11.3 Å². The Morgan fingerprint density at radius 2 is 2.19 bits per heavy atom. The fraction of sp³-hybridized carbons (Fsp3) is 0.250. The van der Waals surface area contributed by atoms with Crippen LogP contribution in [0.5, 0.6) is 0 Å². The number of thiazole rings is 1. The minimum absolute atomic E-state index is 0.561. The van der Waals surface area contributed by atoms with Gasteiger partial charge in [-0.05, 0) is 12.1 Å². The number of anilines is 1. The van der Waals surface area contributed by atoms with E-state index in [9.17, 15) is 0 Å². The Balaban J connectivity index is 2.36. The molecule has 0 saturated heterocycles. The summed E-state index contributed by atoms with van der Waals surface area (Å²) in [7, 11) is 4.07. The second kappa shape index (κ2) is 4.63. The molecule has 1 heterocycles. The molecule has 0 aliphatic heterocycles. The molecule has 0 aliphatic rings. The van der Waals surface area contributed by atoms with Crippen molar-refractivity contribution in [1.29, 1.82) is 0 Å². The van der Waals surface area contributed by atoms with Crippen LogP contribution in [0.1, 0.15) is 4.88 Å². The van der Waals surface area contributed by atoms with E-state index in [4.69, 9.17) is 5.73 Å². The lowest BCUT2D eigenvalue weighted by atomic mass is 10.2. The van der Waals surface area contributed by atoms with Crippen molar-refractivity contribution < 1.29 is 0 Å². The molecule has 0 spiro atoms. The van der Waals surface area contributed by atoms with Crippen molar-refractivity contribution in [2.45, 2.75) is 6.54 Å². The molecule has 0 amide bonds. The molecule has 3 nitrogen and oxygen atoms in total. The Labute approximate surface area is 99.5 Å². The molecule has 84 valence electrons. The zero-order chi connectivity index (χ0) is 11.5. The molecule has 0 unspecified atom stereocenters. The van der Waals surface area contributed by atoms with Gasteiger partial charge in [-0.2, -0.15) is 0 Å². The van der Waals surface area contributed by atoms with Crippen LogP contribution in [0.3, 0.4) is 0 Å². The van der Waals surface area contributed by atoms with Crippen molar-refractivity contribution in [3.05, 3.63) is 35.3 Å². The van der Waals surface area contributed by atoms with Crippen LogP contribution in [-0.2, 0) is 6.54 Å². The highest BCUT2D eigenvalue weighted by Crippen LogP contribution is 2.27. The topological polar surface area (TPSA) is 42.2 Å². The molecule has 2 aromatic rings. The first kappa shape index (κ1) is 11.1. The number of benzene rings is 1. The Kier molecular flexibility index (Phi) is 3.22. The van der Waals surface area contributed by atoms with Crippen molar-refractivity contribution in [1.82, 2.24) is 4.98 Å². The molecule has 0 aliphatic carbocycles. The van der Waals surface area contributed by atoms with Crippen LogP contribution in [0.4, 0.5) is 5.69 Å². The van der Waals surface area contributed by atoms with Gasteiger partial charge in [0.05, 0.1) is 0 Å². The van der Waals surface area contributed by atoms with Gasteiger partial charge in [0.15, 0.2) is 0 Å². The number of rotatable bonds is 3. The van der Waals surface area contributed by atoms with Gasteiger partial charge in [-0.25, -0.2) is 4.98 Å². The summed E-state index contributed by atoms with van der Waals surface area (Å²) in [6, 6.07) is 8.35. The number of hydrogen-bond donors (Lipinski definition) is 1. The predicted molar refractivity (Wildman–Crippen MR) is 69.8 cm³/mol. The standard InChI is InChI=1S/C12H15N3S/c1-15(2)10-5-3-4-9(6-10)12-14-8-11(7-13)16-12/h3-6,8H,7,13H2,1-2H3.